The Morgan fingerprint density at radius 2 is 1.67 bits per heavy atom. The van der Waals surface area contributed by atoms with Gasteiger partial charge in [-0.15, -0.1) is 15.3 Å². The molecule has 0 saturated carbocycles. The number of nitrogens with zero attached hydrogens (tertiary/aromatic N) is 7. The van der Waals surface area contributed by atoms with Crippen molar-refractivity contribution in [1.82, 2.24) is 45.8 Å². The topological polar surface area (TPSA) is 140 Å². The van der Waals surface area contributed by atoms with Crippen molar-refractivity contribution >= 4 is 23.2 Å². The van der Waals surface area contributed by atoms with Crippen LogP contribution in [-0.2, 0) is 38.4 Å². The Hall–Kier alpha value is -4.55. The second-order valence-electron chi connectivity index (χ2n) is 8.94. The van der Waals surface area contributed by atoms with Gasteiger partial charge in [0.1, 0.15) is 11.2 Å². The molecule has 228 valence electrons. The first kappa shape index (κ1) is 31.4. The molecular weight excluding hydrogens is 611 g/mol. The molecule has 4 rings (SSSR count). The number of carbonyl (C=O) groups excluding carboxylic acids is 2. The van der Waals surface area contributed by atoms with E-state index in [0.717, 1.165) is 40.4 Å². The van der Waals surface area contributed by atoms with E-state index in [-0.39, 0.29) is 54.4 Å². The third-order valence-electron chi connectivity index (χ3n) is 5.64. The fourth-order valence-corrected chi connectivity index (χ4v) is 4.29. The summed E-state index contributed by atoms with van der Waals surface area (Å²) in [5, 5.41) is 20.0. The Kier molecular flexibility index (Phi) is 9.62. The summed E-state index contributed by atoms with van der Waals surface area (Å²) in [7, 11) is 0. The molecule has 0 bridgehead atoms. The van der Waals surface area contributed by atoms with Crippen molar-refractivity contribution in [3.8, 4) is 0 Å². The van der Waals surface area contributed by atoms with Crippen LogP contribution in [0.5, 0.6) is 0 Å². The number of aromatic nitrogens is 7. The van der Waals surface area contributed by atoms with E-state index in [0.29, 0.717) is 11.2 Å². The average Bonchev–Trinajstić information content (AvgIpc) is 3.63. The van der Waals surface area contributed by atoms with E-state index in [1.54, 1.807) is 0 Å². The van der Waals surface area contributed by atoms with Crippen LogP contribution in [0.15, 0.2) is 43.0 Å². The van der Waals surface area contributed by atoms with Crippen molar-refractivity contribution in [2.75, 3.05) is 0 Å². The normalized spacial score (nSPS) is 12.6. The Balaban J connectivity index is 1.21. The fourth-order valence-electron chi connectivity index (χ4n) is 3.52. The molecule has 0 aliphatic heterocycles. The average molecular weight is 632 g/mol. The smallest absolute Gasteiger partial charge is 0.346 e. The van der Waals surface area contributed by atoms with Crippen LogP contribution in [0, 0.1) is 0 Å². The molecule has 1 atom stereocenters. The lowest BCUT2D eigenvalue weighted by Crippen LogP contribution is -2.23. The molecule has 2 amide bonds. The molecule has 1 unspecified atom stereocenters. The van der Waals surface area contributed by atoms with Crippen molar-refractivity contribution in [3.05, 3.63) is 81.1 Å². The van der Waals surface area contributed by atoms with Gasteiger partial charge in [0.25, 0.3) is 11.8 Å². The number of amides is 2. The van der Waals surface area contributed by atoms with Crippen LogP contribution in [0.2, 0.25) is 0 Å². The van der Waals surface area contributed by atoms with Gasteiger partial charge in [-0.25, -0.2) is 9.07 Å². The zero-order valence-electron chi connectivity index (χ0n) is 21.7. The second kappa shape index (κ2) is 13.2. The van der Waals surface area contributed by atoms with Gasteiger partial charge in [-0.3, -0.25) is 19.6 Å². The SMILES string of the molecule is O=C(NCc1cncc(C(F)(F)F)c1)c1cn(CC(F)CCc2nnc(C(=O)NCc3cc(C(F)(F)F)ccn3)s2)nn1. The van der Waals surface area contributed by atoms with Crippen LogP contribution in [0.3, 0.4) is 0 Å². The predicted octanol–water partition coefficient (Wildman–Crippen LogP) is 3.79. The molecule has 4 aromatic rings. The van der Waals surface area contributed by atoms with Gasteiger partial charge in [-0.1, -0.05) is 16.6 Å². The van der Waals surface area contributed by atoms with E-state index in [2.05, 4.69) is 41.1 Å². The minimum Gasteiger partial charge on any atom is -0.346 e. The maximum atomic E-state index is 14.6. The highest BCUT2D eigenvalue weighted by Gasteiger charge is 2.31. The van der Waals surface area contributed by atoms with Crippen LogP contribution < -0.4 is 10.6 Å². The maximum Gasteiger partial charge on any atom is 0.417 e. The number of hydrogen-bond donors (Lipinski definition) is 2. The second-order valence-corrected chi connectivity index (χ2v) is 10.0. The van der Waals surface area contributed by atoms with Crippen molar-refractivity contribution in [2.24, 2.45) is 0 Å². The van der Waals surface area contributed by atoms with Gasteiger partial charge >= 0.3 is 12.4 Å². The van der Waals surface area contributed by atoms with E-state index in [4.69, 9.17) is 0 Å². The number of alkyl halides is 7. The molecule has 4 heterocycles. The minimum atomic E-state index is -4.58. The molecule has 19 heteroatoms. The van der Waals surface area contributed by atoms with Gasteiger partial charge < -0.3 is 10.6 Å². The molecule has 2 N–H and O–H groups in total. The molecule has 0 radical (unpaired) electrons. The summed E-state index contributed by atoms with van der Waals surface area (Å²) in [6.07, 6.45) is -6.53. The van der Waals surface area contributed by atoms with Gasteiger partial charge in [0.05, 0.1) is 36.1 Å². The number of rotatable bonds is 11. The Morgan fingerprint density at radius 3 is 2.42 bits per heavy atom. The summed E-state index contributed by atoms with van der Waals surface area (Å²) >= 11 is 0.890. The third kappa shape index (κ3) is 8.97. The van der Waals surface area contributed by atoms with Gasteiger partial charge in [-0.05, 0) is 30.2 Å². The molecule has 0 aliphatic carbocycles. The monoisotopic (exact) mass is 631 g/mol. The molecule has 0 spiro atoms. The number of nitrogens with one attached hydrogen (secondary N) is 2. The molecular formula is C24H20F7N9O2S. The van der Waals surface area contributed by atoms with Crippen LogP contribution >= 0.6 is 11.3 Å². The number of hydrogen-bond acceptors (Lipinski definition) is 9. The minimum absolute atomic E-state index is 0.00467. The Labute approximate surface area is 241 Å². The predicted molar refractivity (Wildman–Crippen MR) is 134 cm³/mol. The Morgan fingerprint density at radius 1 is 0.930 bits per heavy atom. The molecule has 0 saturated heterocycles. The van der Waals surface area contributed by atoms with Crippen LogP contribution in [0.4, 0.5) is 30.7 Å². The number of aryl methyl sites for hydroxylation is 1. The first-order valence-corrected chi connectivity index (χ1v) is 13.1. The fraction of sp³-hybridized carbons (Fsp3) is 0.333. The largest absolute Gasteiger partial charge is 0.417 e. The lowest BCUT2D eigenvalue weighted by Gasteiger charge is -2.08. The molecule has 0 aromatic carbocycles. The van der Waals surface area contributed by atoms with Crippen molar-refractivity contribution in [1.29, 1.82) is 0 Å². The standard InChI is InChI=1S/C24H20F7N9O2S/c25-16(11-40-12-18(36-39-40)20(41)34-8-13-5-15(9-32-7-13)24(29,30)31)1-2-19-37-38-22(43-19)21(42)35-10-17-6-14(3-4-33-17)23(26,27)28/h3-7,9,12,16H,1-2,8,10-11H2,(H,34,41)(H,35,42). The van der Waals surface area contributed by atoms with Crippen LogP contribution in [-0.4, -0.2) is 53.1 Å². The third-order valence-corrected chi connectivity index (χ3v) is 6.62. The van der Waals surface area contributed by atoms with E-state index in [1.807, 2.05) is 0 Å². The summed E-state index contributed by atoms with van der Waals surface area (Å²) in [5.41, 5.74) is -1.92. The van der Waals surface area contributed by atoms with Gasteiger partial charge in [-0.2, -0.15) is 26.3 Å². The van der Waals surface area contributed by atoms with E-state index >= 15 is 0 Å². The summed E-state index contributed by atoms with van der Waals surface area (Å²) in [4.78, 5) is 31.9. The number of carbonyl (C=O) groups is 2. The molecule has 4 aromatic heterocycles. The van der Waals surface area contributed by atoms with Crippen LogP contribution in [0.25, 0.3) is 0 Å². The highest BCUT2D eigenvalue weighted by molar-refractivity contribution is 7.13. The number of halogens is 7. The van der Waals surface area contributed by atoms with Gasteiger partial charge in [0, 0.05) is 31.6 Å². The molecule has 0 aliphatic rings. The highest BCUT2D eigenvalue weighted by atomic mass is 32.1. The van der Waals surface area contributed by atoms with Gasteiger partial charge in [0.15, 0.2) is 5.69 Å². The highest BCUT2D eigenvalue weighted by Crippen LogP contribution is 2.29. The van der Waals surface area contributed by atoms with Crippen molar-refractivity contribution in [3.63, 3.8) is 0 Å². The van der Waals surface area contributed by atoms with E-state index < -0.39 is 41.5 Å². The van der Waals surface area contributed by atoms with E-state index in [1.165, 1.54) is 12.4 Å². The molecule has 0 fully saturated rings. The van der Waals surface area contributed by atoms with E-state index in [9.17, 15) is 40.3 Å². The lowest BCUT2D eigenvalue weighted by atomic mass is 10.2. The Bertz CT molecular complexity index is 1570. The molecule has 11 nitrogen and oxygen atoms in total. The van der Waals surface area contributed by atoms with Gasteiger partial charge in [0.2, 0.25) is 5.01 Å². The zero-order valence-corrected chi connectivity index (χ0v) is 22.5. The van der Waals surface area contributed by atoms with Crippen molar-refractivity contribution < 1.29 is 40.3 Å². The van der Waals surface area contributed by atoms with Crippen LogP contribution in [0.1, 0.15) is 54.1 Å². The lowest BCUT2D eigenvalue weighted by molar-refractivity contribution is -0.138. The first-order valence-electron chi connectivity index (χ1n) is 12.2. The molecule has 43 heavy (non-hydrogen) atoms. The number of pyridine rings is 2. The summed E-state index contributed by atoms with van der Waals surface area (Å²) in [6.45, 7) is -0.795. The van der Waals surface area contributed by atoms with Crippen molar-refractivity contribution in [2.45, 2.75) is 51.0 Å². The maximum absolute atomic E-state index is 14.6. The summed E-state index contributed by atoms with van der Waals surface area (Å²) in [6, 6.07) is 2.48. The summed E-state index contributed by atoms with van der Waals surface area (Å²) < 4.78 is 92.6. The first-order chi connectivity index (χ1) is 20.3. The zero-order chi connectivity index (χ0) is 31.2. The quantitative estimate of drug-likeness (QED) is 0.239. The summed E-state index contributed by atoms with van der Waals surface area (Å²) in [5.74, 6) is -1.42.